The topological polar surface area (TPSA) is 76.1 Å². The van der Waals surface area contributed by atoms with E-state index in [1.165, 1.54) is 23.5 Å². The van der Waals surface area contributed by atoms with Gasteiger partial charge >= 0.3 is 0 Å². The SMILES string of the molecule is CCS(=O)(=O)c1ccccc1C(=O)Nc1nc(-c2ccc(C)cc2)cs1. The number of nitrogens with one attached hydrogen (secondary N) is 1. The number of thiazole rings is 1. The van der Waals surface area contributed by atoms with Crippen molar-refractivity contribution in [1.82, 2.24) is 4.98 Å². The number of hydrogen-bond donors (Lipinski definition) is 1. The van der Waals surface area contributed by atoms with Gasteiger partial charge in [0.2, 0.25) is 0 Å². The van der Waals surface area contributed by atoms with Crippen molar-refractivity contribution in [2.24, 2.45) is 0 Å². The van der Waals surface area contributed by atoms with Crippen LogP contribution in [0.2, 0.25) is 0 Å². The number of amides is 1. The normalized spacial score (nSPS) is 11.3. The Labute approximate surface area is 156 Å². The third kappa shape index (κ3) is 3.84. The number of anilines is 1. The van der Waals surface area contributed by atoms with Crippen LogP contribution in [-0.2, 0) is 9.84 Å². The van der Waals surface area contributed by atoms with Crippen LogP contribution in [0, 0.1) is 6.92 Å². The molecule has 2 aromatic carbocycles. The first kappa shape index (κ1) is 18.3. The van der Waals surface area contributed by atoms with Gasteiger partial charge < -0.3 is 0 Å². The standard InChI is InChI=1S/C19H18N2O3S2/c1-3-26(23,24)17-7-5-4-6-15(17)18(22)21-19-20-16(12-25-19)14-10-8-13(2)9-11-14/h4-12H,3H2,1-2H3,(H,20,21,22). The number of sulfone groups is 1. The Kier molecular flexibility index (Phi) is 5.20. The second-order valence-electron chi connectivity index (χ2n) is 5.76. The van der Waals surface area contributed by atoms with Crippen LogP contribution in [0.1, 0.15) is 22.8 Å². The highest BCUT2D eigenvalue weighted by Crippen LogP contribution is 2.26. The molecule has 0 aliphatic heterocycles. The number of aromatic nitrogens is 1. The molecule has 0 spiro atoms. The number of rotatable bonds is 5. The molecule has 0 aliphatic carbocycles. The number of nitrogens with zero attached hydrogens (tertiary/aromatic N) is 1. The quantitative estimate of drug-likeness (QED) is 0.714. The molecule has 3 rings (SSSR count). The van der Waals surface area contributed by atoms with Crippen molar-refractivity contribution in [2.45, 2.75) is 18.7 Å². The molecule has 0 atom stereocenters. The van der Waals surface area contributed by atoms with E-state index in [4.69, 9.17) is 0 Å². The average Bonchev–Trinajstić information content (AvgIpc) is 3.10. The highest BCUT2D eigenvalue weighted by molar-refractivity contribution is 7.91. The van der Waals surface area contributed by atoms with Gasteiger partial charge in [-0.2, -0.15) is 0 Å². The molecular weight excluding hydrogens is 368 g/mol. The molecule has 0 bridgehead atoms. The Hall–Kier alpha value is -2.51. The van der Waals surface area contributed by atoms with Gasteiger partial charge in [-0.15, -0.1) is 11.3 Å². The Balaban J connectivity index is 1.85. The van der Waals surface area contributed by atoms with Gasteiger partial charge in [0.05, 0.1) is 21.9 Å². The zero-order valence-corrected chi connectivity index (χ0v) is 16.0. The van der Waals surface area contributed by atoms with Gasteiger partial charge in [0.25, 0.3) is 5.91 Å². The lowest BCUT2D eigenvalue weighted by Gasteiger charge is -2.08. The molecule has 134 valence electrons. The maximum Gasteiger partial charge on any atom is 0.258 e. The van der Waals surface area contributed by atoms with Crippen LogP contribution in [0.5, 0.6) is 0 Å². The largest absolute Gasteiger partial charge is 0.298 e. The fraction of sp³-hybridized carbons (Fsp3) is 0.158. The lowest BCUT2D eigenvalue weighted by Crippen LogP contribution is -2.17. The average molecular weight is 386 g/mol. The van der Waals surface area contributed by atoms with Crippen LogP contribution in [0.3, 0.4) is 0 Å². The summed E-state index contributed by atoms with van der Waals surface area (Å²) in [6.07, 6.45) is 0. The molecule has 3 aromatic rings. The molecule has 0 saturated carbocycles. The molecule has 1 heterocycles. The second-order valence-corrected chi connectivity index (χ2v) is 8.86. The number of carbonyl (C=O) groups excluding carboxylic acids is 1. The molecule has 5 nitrogen and oxygen atoms in total. The Morgan fingerprint density at radius 1 is 1.12 bits per heavy atom. The minimum absolute atomic E-state index is 0.0373. The van der Waals surface area contributed by atoms with E-state index in [0.29, 0.717) is 5.13 Å². The van der Waals surface area contributed by atoms with Crippen molar-refractivity contribution in [3.8, 4) is 11.3 Å². The predicted molar refractivity (Wildman–Crippen MR) is 104 cm³/mol. The lowest BCUT2D eigenvalue weighted by molar-refractivity contribution is 0.102. The minimum Gasteiger partial charge on any atom is -0.298 e. The summed E-state index contributed by atoms with van der Waals surface area (Å²) in [7, 11) is -3.49. The van der Waals surface area contributed by atoms with Gasteiger partial charge in [-0.1, -0.05) is 48.9 Å². The molecule has 0 radical (unpaired) electrons. The van der Waals surface area contributed by atoms with Gasteiger partial charge in [0.15, 0.2) is 15.0 Å². The molecule has 1 amide bonds. The van der Waals surface area contributed by atoms with Gasteiger partial charge in [0.1, 0.15) is 0 Å². The molecule has 0 saturated heterocycles. The number of benzene rings is 2. The van der Waals surface area contributed by atoms with Crippen molar-refractivity contribution in [3.05, 3.63) is 65.0 Å². The van der Waals surface area contributed by atoms with Crippen molar-refractivity contribution in [1.29, 1.82) is 0 Å². The van der Waals surface area contributed by atoms with E-state index >= 15 is 0 Å². The summed E-state index contributed by atoms with van der Waals surface area (Å²) in [4.78, 5) is 17.0. The molecule has 1 N–H and O–H groups in total. The molecule has 7 heteroatoms. The molecular formula is C19H18N2O3S2. The van der Waals surface area contributed by atoms with E-state index in [2.05, 4.69) is 10.3 Å². The van der Waals surface area contributed by atoms with Crippen LogP contribution >= 0.6 is 11.3 Å². The lowest BCUT2D eigenvalue weighted by atomic mass is 10.1. The van der Waals surface area contributed by atoms with Gasteiger partial charge in [-0.05, 0) is 19.1 Å². The number of aryl methyl sites for hydroxylation is 1. The van der Waals surface area contributed by atoms with Crippen molar-refractivity contribution >= 4 is 32.2 Å². The van der Waals surface area contributed by atoms with Crippen LogP contribution < -0.4 is 5.32 Å². The van der Waals surface area contributed by atoms with Crippen LogP contribution in [0.4, 0.5) is 5.13 Å². The minimum atomic E-state index is -3.49. The Morgan fingerprint density at radius 3 is 2.50 bits per heavy atom. The summed E-state index contributed by atoms with van der Waals surface area (Å²) in [6.45, 7) is 3.57. The molecule has 1 aromatic heterocycles. The Morgan fingerprint density at radius 2 is 1.81 bits per heavy atom. The van der Waals surface area contributed by atoms with E-state index in [-0.39, 0.29) is 16.2 Å². The summed E-state index contributed by atoms with van der Waals surface area (Å²) >= 11 is 1.30. The van der Waals surface area contributed by atoms with E-state index in [0.717, 1.165) is 16.8 Å². The van der Waals surface area contributed by atoms with E-state index < -0.39 is 15.7 Å². The van der Waals surface area contributed by atoms with Crippen molar-refractivity contribution in [2.75, 3.05) is 11.1 Å². The third-order valence-corrected chi connectivity index (χ3v) is 6.46. The van der Waals surface area contributed by atoms with E-state index in [1.807, 2.05) is 36.6 Å². The van der Waals surface area contributed by atoms with E-state index in [1.54, 1.807) is 19.1 Å². The first-order valence-corrected chi connectivity index (χ1v) is 10.6. The third-order valence-electron chi connectivity index (χ3n) is 3.92. The van der Waals surface area contributed by atoms with Crippen LogP contribution in [-0.4, -0.2) is 25.1 Å². The fourth-order valence-corrected chi connectivity index (χ4v) is 4.24. The van der Waals surface area contributed by atoms with Gasteiger partial charge in [-0.3, -0.25) is 10.1 Å². The maximum atomic E-state index is 12.6. The zero-order valence-electron chi connectivity index (χ0n) is 14.4. The van der Waals surface area contributed by atoms with Crippen molar-refractivity contribution < 1.29 is 13.2 Å². The highest BCUT2D eigenvalue weighted by atomic mass is 32.2. The molecule has 0 unspecified atom stereocenters. The van der Waals surface area contributed by atoms with E-state index in [9.17, 15) is 13.2 Å². The smallest absolute Gasteiger partial charge is 0.258 e. The summed E-state index contributed by atoms with van der Waals surface area (Å²) in [5.41, 5.74) is 3.01. The predicted octanol–water partition coefficient (Wildman–Crippen LogP) is 4.16. The van der Waals surface area contributed by atoms with Gasteiger partial charge in [-0.25, -0.2) is 13.4 Å². The summed E-state index contributed by atoms with van der Waals surface area (Å²) in [5, 5.41) is 4.98. The maximum absolute atomic E-state index is 12.6. The number of hydrogen-bond acceptors (Lipinski definition) is 5. The Bertz CT molecular complexity index is 1040. The van der Waals surface area contributed by atoms with Gasteiger partial charge in [0, 0.05) is 10.9 Å². The van der Waals surface area contributed by atoms with Crippen molar-refractivity contribution in [3.63, 3.8) is 0 Å². The fourth-order valence-electron chi connectivity index (χ4n) is 2.43. The first-order valence-electron chi connectivity index (χ1n) is 8.06. The molecule has 26 heavy (non-hydrogen) atoms. The number of carbonyl (C=O) groups is 1. The highest BCUT2D eigenvalue weighted by Gasteiger charge is 2.21. The van der Waals surface area contributed by atoms with Crippen LogP contribution in [0.25, 0.3) is 11.3 Å². The monoisotopic (exact) mass is 386 g/mol. The summed E-state index contributed by atoms with van der Waals surface area (Å²) in [6, 6.07) is 14.1. The van der Waals surface area contributed by atoms with Crippen LogP contribution in [0.15, 0.2) is 58.8 Å². The molecule has 0 aliphatic rings. The molecule has 0 fully saturated rings. The second kappa shape index (κ2) is 7.39. The summed E-state index contributed by atoms with van der Waals surface area (Å²) in [5.74, 6) is -0.547. The zero-order chi connectivity index (χ0) is 18.7. The summed E-state index contributed by atoms with van der Waals surface area (Å²) < 4.78 is 24.4. The first-order chi connectivity index (χ1) is 12.4.